The van der Waals surface area contributed by atoms with Gasteiger partial charge in [0.05, 0.1) is 0 Å². The lowest BCUT2D eigenvalue weighted by Crippen LogP contribution is -2.49. The van der Waals surface area contributed by atoms with Crippen LogP contribution >= 0.6 is 0 Å². The highest BCUT2D eigenvalue weighted by atomic mass is 14.6. The number of fused-ring (bicyclic) bond motifs is 1. The van der Waals surface area contributed by atoms with Gasteiger partial charge < -0.3 is 0 Å². The van der Waals surface area contributed by atoms with E-state index in [9.17, 15) is 0 Å². The van der Waals surface area contributed by atoms with Gasteiger partial charge in [-0.25, -0.2) is 0 Å². The van der Waals surface area contributed by atoms with Gasteiger partial charge in [-0.1, -0.05) is 26.7 Å². The molecule has 0 saturated heterocycles. The van der Waals surface area contributed by atoms with Crippen molar-refractivity contribution >= 4 is 0 Å². The maximum atomic E-state index is 2.50. The van der Waals surface area contributed by atoms with Crippen molar-refractivity contribution in [2.24, 2.45) is 10.8 Å². The predicted octanol–water partition coefficient (Wildman–Crippen LogP) is 3.37. The SMILES string of the molecule is CC12CCCC[C@@]1(C)CC2. The second-order valence-electron chi connectivity index (χ2n) is 4.83. The first kappa shape index (κ1) is 6.69. The third kappa shape index (κ3) is 0.627. The Morgan fingerprint density at radius 2 is 1.10 bits per heavy atom. The lowest BCUT2D eigenvalue weighted by Gasteiger charge is -2.59. The van der Waals surface area contributed by atoms with E-state index in [2.05, 4.69) is 13.8 Å². The van der Waals surface area contributed by atoms with E-state index >= 15 is 0 Å². The summed E-state index contributed by atoms with van der Waals surface area (Å²) in [6, 6.07) is 0. The van der Waals surface area contributed by atoms with Gasteiger partial charge in [-0.3, -0.25) is 0 Å². The van der Waals surface area contributed by atoms with Gasteiger partial charge in [-0.05, 0) is 36.5 Å². The van der Waals surface area contributed by atoms with Gasteiger partial charge in [0, 0.05) is 0 Å². The van der Waals surface area contributed by atoms with Crippen LogP contribution in [0.1, 0.15) is 52.4 Å². The van der Waals surface area contributed by atoms with Crippen LogP contribution in [0.15, 0.2) is 0 Å². The molecule has 2 fully saturated rings. The van der Waals surface area contributed by atoms with Crippen molar-refractivity contribution < 1.29 is 0 Å². The highest BCUT2D eigenvalue weighted by Gasteiger charge is 2.52. The third-order valence-electron chi connectivity index (χ3n) is 4.39. The van der Waals surface area contributed by atoms with E-state index in [0.717, 1.165) is 10.8 Å². The highest BCUT2D eigenvalue weighted by molar-refractivity contribution is 5.03. The Labute approximate surface area is 64.0 Å². The number of hydrogen-bond donors (Lipinski definition) is 0. The Hall–Kier alpha value is 0. The average molecular weight is 138 g/mol. The van der Waals surface area contributed by atoms with Crippen LogP contribution in [0.5, 0.6) is 0 Å². The first-order chi connectivity index (χ1) is 4.66. The fourth-order valence-electron chi connectivity index (χ4n) is 2.86. The zero-order valence-corrected chi connectivity index (χ0v) is 7.24. The summed E-state index contributed by atoms with van der Waals surface area (Å²) in [6.07, 6.45) is 9.00. The summed E-state index contributed by atoms with van der Waals surface area (Å²) in [7, 11) is 0. The molecule has 0 radical (unpaired) electrons. The highest BCUT2D eigenvalue weighted by Crippen LogP contribution is 2.63. The standard InChI is InChI=1S/C10H18/c1-9-5-3-4-6-10(9,2)8-7-9/h3-8H2,1-2H3/t9-,10?/m0/s1. The quantitative estimate of drug-likeness (QED) is 0.481. The lowest BCUT2D eigenvalue weighted by atomic mass is 9.46. The molecule has 2 aliphatic carbocycles. The maximum absolute atomic E-state index is 2.50. The molecule has 58 valence electrons. The van der Waals surface area contributed by atoms with Gasteiger partial charge in [-0.15, -0.1) is 0 Å². The molecule has 0 N–H and O–H groups in total. The van der Waals surface area contributed by atoms with Crippen molar-refractivity contribution in [1.82, 2.24) is 0 Å². The van der Waals surface area contributed by atoms with Crippen molar-refractivity contribution in [1.29, 1.82) is 0 Å². The van der Waals surface area contributed by atoms with Crippen LogP contribution in [0, 0.1) is 10.8 Å². The molecule has 0 amide bonds. The summed E-state index contributed by atoms with van der Waals surface area (Å²) in [4.78, 5) is 0. The minimum Gasteiger partial charge on any atom is -0.0591 e. The number of hydrogen-bond acceptors (Lipinski definition) is 0. The molecule has 0 bridgehead atoms. The summed E-state index contributed by atoms with van der Waals surface area (Å²) in [5, 5.41) is 0. The molecule has 10 heavy (non-hydrogen) atoms. The maximum Gasteiger partial charge on any atom is -0.0272 e. The molecular weight excluding hydrogens is 120 g/mol. The van der Waals surface area contributed by atoms with Gasteiger partial charge in [0.25, 0.3) is 0 Å². The average Bonchev–Trinajstić information content (AvgIpc) is 1.92. The Morgan fingerprint density at radius 3 is 1.30 bits per heavy atom. The Balaban J connectivity index is 2.17. The van der Waals surface area contributed by atoms with E-state index in [1.807, 2.05) is 0 Å². The minimum absolute atomic E-state index is 0.755. The molecule has 0 aromatic rings. The minimum atomic E-state index is 0.755. The summed E-state index contributed by atoms with van der Waals surface area (Å²) < 4.78 is 0. The molecule has 0 aromatic heterocycles. The number of rotatable bonds is 0. The first-order valence-electron chi connectivity index (χ1n) is 4.66. The van der Waals surface area contributed by atoms with Crippen LogP contribution in [-0.4, -0.2) is 0 Å². The third-order valence-corrected chi connectivity index (χ3v) is 4.39. The van der Waals surface area contributed by atoms with Crippen LogP contribution in [0.4, 0.5) is 0 Å². The van der Waals surface area contributed by atoms with Crippen LogP contribution in [0.25, 0.3) is 0 Å². The molecular formula is C10H18. The van der Waals surface area contributed by atoms with E-state index in [4.69, 9.17) is 0 Å². The molecule has 0 aromatic carbocycles. The Morgan fingerprint density at radius 1 is 0.700 bits per heavy atom. The second-order valence-corrected chi connectivity index (χ2v) is 4.83. The molecule has 2 saturated carbocycles. The normalized spacial score (nSPS) is 53.4. The fraction of sp³-hybridized carbons (Fsp3) is 1.00. The van der Waals surface area contributed by atoms with Gasteiger partial charge in [0.15, 0.2) is 0 Å². The molecule has 2 aliphatic rings. The van der Waals surface area contributed by atoms with Crippen molar-refractivity contribution in [2.75, 3.05) is 0 Å². The summed E-state index contributed by atoms with van der Waals surface area (Å²) in [5.74, 6) is 0. The molecule has 2 atom stereocenters. The summed E-state index contributed by atoms with van der Waals surface area (Å²) >= 11 is 0. The van der Waals surface area contributed by atoms with E-state index in [0.29, 0.717) is 0 Å². The predicted molar refractivity (Wildman–Crippen MR) is 43.9 cm³/mol. The molecule has 0 heteroatoms. The monoisotopic (exact) mass is 138 g/mol. The molecule has 0 spiro atoms. The van der Waals surface area contributed by atoms with Crippen LogP contribution in [-0.2, 0) is 0 Å². The van der Waals surface area contributed by atoms with Gasteiger partial charge >= 0.3 is 0 Å². The van der Waals surface area contributed by atoms with Crippen molar-refractivity contribution in [3.8, 4) is 0 Å². The first-order valence-corrected chi connectivity index (χ1v) is 4.66. The van der Waals surface area contributed by atoms with E-state index in [1.165, 1.54) is 38.5 Å². The zero-order valence-electron chi connectivity index (χ0n) is 7.24. The molecule has 2 rings (SSSR count). The van der Waals surface area contributed by atoms with Crippen molar-refractivity contribution in [2.45, 2.75) is 52.4 Å². The summed E-state index contributed by atoms with van der Waals surface area (Å²) in [5.41, 5.74) is 1.51. The van der Waals surface area contributed by atoms with E-state index in [1.54, 1.807) is 0 Å². The van der Waals surface area contributed by atoms with Crippen molar-refractivity contribution in [3.63, 3.8) is 0 Å². The van der Waals surface area contributed by atoms with E-state index in [-0.39, 0.29) is 0 Å². The molecule has 0 aliphatic heterocycles. The van der Waals surface area contributed by atoms with Gasteiger partial charge in [0.1, 0.15) is 0 Å². The van der Waals surface area contributed by atoms with Crippen LogP contribution in [0.3, 0.4) is 0 Å². The molecule has 0 nitrogen and oxygen atoms in total. The van der Waals surface area contributed by atoms with Crippen molar-refractivity contribution in [3.05, 3.63) is 0 Å². The topological polar surface area (TPSA) is 0 Å². The molecule has 0 heterocycles. The van der Waals surface area contributed by atoms with Crippen LogP contribution in [0.2, 0.25) is 0 Å². The zero-order chi connectivity index (χ0) is 7.24. The smallest absolute Gasteiger partial charge is 0.0272 e. The Kier molecular flexibility index (Phi) is 1.19. The summed E-state index contributed by atoms with van der Waals surface area (Å²) in [6.45, 7) is 4.99. The van der Waals surface area contributed by atoms with Crippen LogP contribution < -0.4 is 0 Å². The van der Waals surface area contributed by atoms with E-state index < -0.39 is 0 Å². The van der Waals surface area contributed by atoms with Gasteiger partial charge in [0.2, 0.25) is 0 Å². The largest absolute Gasteiger partial charge is 0.0591 e. The van der Waals surface area contributed by atoms with Gasteiger partial charge in [-0.2, -0.15) is 0 Å². The molecule has 1 unspecified atom stereocenters. The second kappa shape index (κ2) is 1.78. The lowest BCUT2D eigenvalue weighted by molar-refractivity contribution is -0.0880. The Bertz CT molecular complexity index is 132. The fourth-order valence-corrected chi connectivity index (χ4v) is 2.86.